The molecule has 7 heteroatoms. The molecular formula is C21H22ClN3O3. The normalized spacial score (nSPS) is 13.9. The predicted octanol–water partition coefficient (Wildman–Crippen LogP) is 2.30. The molecule has 146 valence electrons. The van der Waals surface area contributed by atoms with Gasteiger partial charge in [0.2, 0.25) is 5.91 Å². The number of halogens is 1. The summed E-state index contributed by atoms with van der Waals surface area (Å²) < 4.78 is 0. The van der Waals surface area contributed by atoms with E-state index in [-0.39, 0.29) is 23.0 Å². The molecule has 0 unspecified atom stereocenters. The van der Waals surface area contributed by atoms with Crippen molar-refractivity contribution < 1.29 is 14.4 Å². The number of carbonyl (C=O) groups is 3. The monoisotopic (exact) mass is 399 g/mol. The Kier molecular flexibility index (Phi) is 6.31. The summed E-state index contributed by atoms with van der Waals surface area (Å²) in [6.45, 7) is 4.43. The number of rotatable bonds is 5. The van der Waals surface area contributed by atoms with Gasteiger partial charge in [0.1, 0.15) is 0 Å². The molecule has 1 saturated heterocycles. The topological polar surface area (TPSA) is 69.7 Å². The Labute approximate surface area is 169 Å². The molecule has 2 amide bonds. The molecule has 0 bridgehead atoms. The van der Waals surface area contributed by atoms with Crippen LogP contribution < -0.4 is 10.2 Å². The van der Waals surface area contributed by atoms with Gasteiger partial charge in [0, 0.05) is 37.4 Å². The molecule has 3 rings (SSSR count). The zero-order valence-electron chi connectivity index (χ0n) is 15.7. The van der Waals surface area contributed by atoms with Gasteiger partial charge in [-0.25, -0.2) is 0 Å². The van der Waals surface area contributed by atoms with Gasteiger partial charge in [0.25, 0.3) is 11.7 Å². The molecule has 1 N–H and O–H groups in total. The van der Waals surface area contributed by atoms with Crippen molar-refractivity contribution >= 4 is 34.9 Å². The maximum Gasteiger partial charge on any atom is 0.292 e. The van der Waals surface area contributed by atoms with Crippen LogP contribution in [0.5, 0.6) is 0 Å². The first-order chi connectivity index (χ1) is 13.5. The number of benzene rings is 2. The second kappa shape index (κ2) is 8.89. The smallest absolute Gasteiger partial charge is 0.292 e. The molecule has 1 fully saturated rings. The third-order valence-electron chi connectivity index (χ3n) is 4.72. The standard InChI is InChI=1S/C21H22ClN3O3/c1-15-5-4-6-16(13-15)24-9-11-25(12-10-24)19(26)14-23-21(28)20(27)17-7-2-3-8-18(17)22/h2-8,13H,9-12,14H2,1H3,(H,23,28). The van der Waals surface area contributed by atoms with Gasteiger partial charge in [-0.15, -0.1) is 0 Å². The average molecular weight is 400 g/mol. The number of anilines is 1. The van der Waals surface area contributed by atoms with E-state index in [0.717, 1.165) is 18.8 Å². The Morgan fingerprint density at radius 3 is 2.39 bits per heavy atom. The molecule has 28 heavy (non-hydrogen) atoms. The SMILES string of the molecule is Cc1cccc(N2CCN(C(=O)CNC(=O)C(=O)c3ccccc3Cl)CC2)c1. The number of aryl methyl sites for hydroxylation is 1. The van der Waals surface area contributed by atoms with Crippen molar-refractivity contribution in [2.75, 3.05) is 37.6 Å². The average Bonchev–Trinajstić information content (AvgIpc) is 2.71. The summed E-state index contributed by atoms with van der Waals surface area (Å²) in [4.78, 5) is 40.5. The van der Waals surface area contributed by atoms with E-state index in [2.05, 4.69) is 35.3 Å². The lowest BCUT2D eigenvalue weighted by molar-refractivity contribution is -0.132. The molecule has 2 aromatic carbocycles. The number of ketones is 1. The first-order valence-electron chi connectivity index (χ1n) is 9.12. The minimum Gasteiger partial charge on any atom is -0.368 e. The van der Waals surface area contributed by atoms with Crippen LogP contribution >= 0.6 is 11.6 Å². The van der Waals surface area contributed by atoms with Crippen molar-refractivity contribution in [1.82, 2.24) is 10.2 Å². The fourth-order valence-electron chi connectivity index (χ4n) is 3.15. The first-order valence-corrected chi connectivity index (χ1v) is 9.50. The molecule has 0 radical (unpaired) electrons. The second-order valence-corrected chi connectivity index (χ2v) is 7.11. The first kappa shape index (κ1) is 19.9. The van der Waals surface area contributed by atoms with E-state index in [4.69, 9.17) is 11.6 Å². The number of piperazine rings is 1. The van der Waals surface area contributed by atoms with Crippen molar-refractivity contribution in [3.05, 3.63) is 64.7 Å². The summed E-state index contributed by atoms with van der Waals surface area (Å²) in [5.74, 6) is -1.79. The lowest BCUT2D eigenvalue weighted by Crippen LogP contribution is -2.51. The van der Waals surface area contributed by atoms with E-state index in [1.54, 1.807) is 23.1 Å². The zero-order chi connectivity index (χ0) is 20.1. The highest BCUT2D eigenvalue weighted by molar-refractivity contribution is 6.47. The largest absolute Gasteiger partial charge is 0.368 e. The number of amides is 2. The van der Waals surface area contributed by atoms with E-state index >= 15 is 0 Å². The molecule has 0 aromatic heterocycles. The Morgan fingerprint density at radius 2 is 1.71 bits per heavy atom. The van der Waals surface area contributed by atoms with E-state index in [0.29, 0.717) is 13.1 Å². The Hall–Kier alpha value is -2.86. The van der Waals surface area contributed by atoms with E-state index in [1.165, 1.54) is 11.6 Å². The highest BCUT2D eigenvalue weighted by Crippen LogP contribution is 2.18. The molecule has 2 aromatic rings. The van der Waals surface area contributed by atoms with Crippen molar-refractivity contribution in [2.45, 2.75) is 6.92 Å². The minimum absolute atomic E-state index is 0.126. The van der Waals surface area contributed by atoms with E-state index < -0.39 is 11.7 Å². The van der Waals surface area contributed by atoms with Gasteiger partial charge in [0.15, 0.2) is 0 Å². The van der Waals surface area contributed by atoms with Crippen LogP contribution in [0.25, 0.3) is 0 Å². The van der Waals surface area contributed by atoms with E-state index in [9.17, 15) is 14.4 Å². The van der Waals surface area contributed by atoms with Crippen molar-refractivity contribution in [3.8, 4) is 0 Å². The van der Waals surface area contributed by atoms with Crippen LogP contribution in [0.1, 0.15) is 15.9 Å². The van der Waals surface area contributed by atoms with Crippen LogP contribution in [0.4, 0.5) is 5.69 Å². The van der Waals surface area contributed by atoms with Gasteiger partial charge >= 0.3 is 0 Å². The van der Waals surface area contributed by atoms with Crippen LogP contribution in [0, 0.1) is 6.92 Å². The highest BCUT2D eigenvalue weighted by atomic mass is 35.5. The summed E-state index contributed by atoms with van der Waals surface area (Å²) in [6, 6.07) is 14.6. The summed E-state index contributed by atoms with van der Waals surface area (Å²) >= 11 is 5.94. The molecule has 6 nitrogen and oxygen atoms in total. The van der Waals surface area contributed by atoms with Crippen LogP contribution in [0.2, 0.25) is 5.02 Å². The van der Waals surface area contributed by atoms with Crippen LogP contribution in [-0.2, 0) is 9.59 Å². The molecule has 0 atom stereocenters. The number of Topliss-reactive ketones (excluding diaryl/α,β-unsaturated/α-hetero) is 1. The van der Waals surface area contributed by atoms with Crippen molar-refractivity contribution in [1.29, 1.82) is 0 Å². The third-order valence-corrected chi connectivity index (χ3v) is 5.05. The fourth-order valence-corrected chi connectivity index (χ4v) is 3.38. The van der Waals surface area contributed by atoms with E-state index in [1.807, 2.05) is 6.07 Å². The van der Waals surface area contributed by atoms with Gasteiger partial charge in [-0.3, -0.25) is 14.4 Å². The summed E-state index contributed by atoms with van der Waals surface area (Å²) in [7, 11) is 0. The lowest BCUT2D eigenvalue weighted by atomic mass is 10.1. The lowest BCUT2D eigenvalue weighted by Gasteiger charge is -2.36. The second-order valence-electron chi connectivity index (χ2n) is 6.70. The fraction of sp³-hybridized carbons (Fsp3) is 0.286. The van der Waals surface area contributed by atoms with Gasteiger partial charge in [-0.2, -0.15) is 0 Å². The molecule has 0 saturated carbocycles. The van der Waals surface area contributed by atoms with Gasteiger partial charge in [-0.1, -0.05) is 35.9 Å². The third kappa shape index (κ3) is 4.70. The molecule has 0 aliphatic carbocycles. The number of nitrogens with zero attached hydrogens (tertiary/aromatic N) is 2. The van der Waals surface area contributed by atoms with Gasteiger partial charge in [-0.05, 0) is 36.8 Å². The van der Waals surface area contributed by atoms with Gasteiger partial charge < -0.3 is 15.1 Å². The van der Waals surface area contributed by atoms with Crippen molar-refractivity contribution in [3.63, 3.8) is 0 Å². The molecule has 1 heterocycles. The molecule has 0 spiro atoms. The predicted molar refractivity (Wildman–Crippen MR) is 109 cm³/mol. The number of nitrogens with one attached hydrogen (secondary N) is 1. The quantitative estimate of drug-likeness (QED) is 0.618. The zero-order valence-corrected chi connectivity index (χ0v) is 16.4. The molecule has 1 aliphatic heterocycles. The van der Waals surface area contributed by atoms with Crippen molar-refractivity contribution in [2.24, 2.45) is 0 Å². The summed E-state index contributed by atoms with van der Waals surface area (Å²) in [5.41, 5.74) is 2.47. The van der Waals surface area contributed by atoms with Gasteiger partial charge in [0.05, 0.1) is 11.6 Å². The number of hydrogen-bond donors (Lipinski definition) is 1. The number of carbonyl (C=O) groups excluding carboxylic acids is 3. The van der Waals surface area contributed by atoms with Crippen LogP contribution in [-0.4, -0.2) is 55.2 Å². The summed E-state index contributed by atoms with van der Waals surface area (Å²) in [6.07, 6.45) is 0. The Balaban J connectivity index is 1.49. The van der Waals surface area contributed by atoms with Crippen LogP contribution in [0.15, 0.2) is 48.5 Å². The summed E-state index contributed by atoms with van der Waals surface area (Å²) in [5, 5.41) is 2.61. The maximum absolute atomic E-state index is 12.4. The molecule has 1 aliphatic rings. The van der Waals surface area contributed by atoms with Crippen LogP contribution in [0.3, 0.4) is 0 Å². The Morgan fingerprint density at radius 1 is 1.00 bits per heavy atom. The minimum atomic E-state index is -0.833. The Bertz CT molecular complexity index is 892. The maximum atomic E-state index is 12.4. The molecular weight excluding hydrogens is 378 g/mol. The highest BCUT2D eigenvalue weighted by Gasteiger charge is 2.23. The number of hydrogen-bond acceptors (Lipinski definition) is 4.